The maximum absolute atomic E-state index is 12.3. The minimum absolute atomic E-state index is 0.150. The Hall–Kier alpha value is -3.23. The zero-order chi connectivity index (χ0) is 21.1. The van der Waals surface area contributed by atoms with E-state index in [9.17, 15) is 24.0 Å². The number of imide groups is 1. The summed E-state index contributed by atoms with van der Waals surface area (Å²) in [4.78, 5) is 60.7. The lowest BCUT2D eigenvalue weighted by atomic mass is 9.99. The normalized spacial score (nSPS) is 19.8. The van der Waals surface area contributed by atoms with Crippen molar-refractivity contribution in [2.75, 3.05) is 11.9 Å². The van der Waals surface area contributed by atoms with Gasteiger partial charge < -0.3 is 15.4 Å². The third-order valence-electron chi connectivity index (χ3n) is 4.55. The molecule has 9 heteroatoms. The molecule has 2 N–H and O–H groups in total. The molecule has 1 saturated heterocycles. The minimum Gasteiger partial charge on any atom is -0.451 e. The van der Waals surface area contributed by atoms with E-state index in [1.54, 1.807) is 32.0 Å². The van der Waals surface area contributed by atoms with Gasteiger partial charge in [-0.2, -0.15) is 0 Å². The van der Waals surface area contributed by atoms with Crippen LogP contribution < -0.4 is 10.6 Å². The van der Waals surface area contributed by atoms with Crippen LogP contribution >= 0.6 is 0 Å². The maximum atomic E-state index is 12.3. The fourth-order valence-electron chi connectivity index (χ4n) is 2.61. The summed E-state index contributed by atoms with van der Waals surface area (Å²) in [6, 6.07) is 5.66. The second kappa shape index (κ2) is 8.20. The van der Waals surface area contributed by atoms with Crippen molar-refractivity contribution in [2.45, 2.75) is 45.8 Å². The number of carbonyl (C=O) groups is 5. The number of ether oxygens (including phenoxy) is 1. The van der Waals surface area contributed by atoms with Crippen molar-refractivity contribution >= 4 is 35.3 Å². The number of carbonyl (C=O) groups excluding carboxylic acids is 5. The molecule has 0 bridgehead atoms. The summed E-state index contributed by atoms with van der Waals surface area (Å²) in [5.41, 5.74) is -0.240. The molecule has 4 amide bonds. The number of benzene rings is 1. The number of urea groups is 1. The summed E-state index contributed by atoms with van der Waals surface area (Å²) in [6.45, 7) is 5.50. The van der Waals surface area contributed by atoms with Crippen LogP contribution in [0, 0.1) is 0 Å². The van der Waals surface area contributed by atoms with Gasteiger partial charge in [-0.05, 0) is 39.3 Å². The highest BCUT2D eigenvalue weighted by Gasteiger charge is 2.47. The SMILES string of the molecule is CC[C@@]1(C)NC(=O)N(CC(=O)O[C@@H](C)C(=O)Nc2cccc(C(C)=O)c2)C1=O. The predicted molar refractivity (Wildman–Crippen MR) is 99.6 cm³/mol. The Morgan fingerprint density at radius 2 is 1.96 bits per heavy atom. The first kappa shape index (κ1) is 21.1. The molecule has 0 radical (unpaired) electrons. The van der Waals surface area contributed by atoms with Gasteiger partial charge in [0.2, 0.25) is 0 Å². The molecular weight excluding hydrogens is 366 g/mol. The minimum atomic E-state index is -1.16. The molecule has 1 aromatic rings. The van der Waals surface area contributed by atoms with E-state index in [-0.39, 0.29) is 5.78 Å². The van der Waals surface area contributed by atoms with E-state index >= 15 is 0 Å². The highest BCUT2D eigenvalue weighted by atomic mass is 16.5. The maximum Gasteiger partial charge on any atom is 0.327 e. The molecule has 28 heavy (non-hydrogen) atoms. The molecule has 1 aliphatic rings. The molecule has 0 aliphatic carbocycles. The molecule has 0 spiro atoms. The first-order valence-electron chi connectivity index (χ1n) is 8.83. The van der Waals surface area contributed by atoms with E-state index in [0.29, 0.717) is 17.7 Å². The topological polar surface area (TPSA) is 122 Å². The molecule has 1 fully saturated rings. The number of ketones is 1. The molecule has 9 nitrogen and oxygen atoms in total. The van der Waals surface area contributed by atoms with Crippen molar-refractivity contribution in [3.8, 4) is 0 Å². The van der Waals surface area contributed by atoms with Crippen LogP contribution in [-0.4, -0.2) is 52.7 Å². The summed E-state index contributed by atoms with van der Waals surface area (Å²) >= 11 is 0. The third-order valence-corrected chi connectivity index (χ3v) is 4.55. The van der Waals surface area contributed by atoms with E-state index in [4.69, 9.17) is 4.74 Å². The smallest absolute Gasteiger partial charge is 0.327 e. The highest BCUT2D eigenvalue weighted by Crippen LogP contribution is 2.20. The molecule has 0 saturated carbocycles. The van der Waals surface area contributed by atoms with Crippen LogP contribution in [-0.2, 0) is 19.1 Å². The lowest BCUT2D eigenvalue weighted by Gasteiger charge is -2.19. The second-order valence-corrected chi connectivity index (χ2v) is 6.77. The van der Waals surface area contributed by atoms with Crippen molar-refractivity contribution in [1.29, 1.82) is 0 Å². The zero-order valence-electron chi connectivity index (χ0n) is 16.2. The molecule has 0 unspecified atom stereocenters. The van der Waals surface area contributed by atoms with Gasteiger partial charge in [0.05, 0.1) is 0 Å². The van der Waals surface area contributed by atoms with Crippen LogP contribution in [0.4, 0.5) is 10.5 Å². The Balaban J connectivity index is 1.94. The molecule has 1 aromatic carbocycles. The van der Waals surface area contributed by atoms with E-state index in [1.807, 2.05) is 0 Å². The van der Waals surface area contributed by atoms with Crippen molar-refractivity contribution < 1.29 is 28.7 Å². The Kier molecular flexibility index (Phi) is 6.17. The molecule has 2 atom stereocenters. The third kappa shape index (κ3) is 4.54. The molecule has 1 heterocycles. The predicted octanol–water partition coefficient (Wildman–Crippen LogP) is 1.48. The van der Waals surface area contributed by atoms with Crippen LogP contribution in [0.2, 0.25) is 0 Å². The quantitative estimate of drug-likeness (QED) is 0.414. The Morgan fingerprint density at radius 1 is 1.29 bits per heavy atom. The molecule has 150 valence electrons. The summed E-state index contributed by atoms with van der Waals surface area (Å²) in [5, 5.41) is 5.08. The van der Waals surface area contributed by atoms with Gasteiger partial charge in [-0.15, -0.1) is 0 Å². The molecular formula is C19H23N3O6. The van der Waals surface area contributed by atoms with E-state index < -0.39 is 42.0 Å². The summed E-state index contributed by atoms with van der Waals surface area (Å²) < 4.78 is 5.03. The van der Waals surface area contributed by atoms with E-state index in [1.165, 1.54) is 19.9 Å². The molecule has 2 rings (SSSR count). The number of anilines is 1. The fourth-order valence-corrected chi connectivity index (χ4v) is 2.61. The van der Waals surface area contributed by atoms with Gasteiger partial charge in [-0.25, -0.2) is 4.79 Å². The Labute approximate surface area is 162 Å². The lowest BCUT2D eigenvalue weighted by molar-refractivity contribution is -0.155. The zero-order valence-corrected chi connectivity index (χ0v) is 16.2. The number of hydrogen-bond donors (Lipinski definition) is 2. The number of nitrogens with zero attached hydrogens (tertiary/aromatic N) is 1. The van der Waals surface area contributed by atoms with Crippen molar-refractivity contribution in [3.05, 3.63) is 29.8 Å². The van der Waals surface area contributed by atoms with Gasteiger partial charge in [0, 0.05) is 11.3 Å². The van der Waals surface area contributed by atoms with Crippen LogP contribution in [0.5, 0.6) is 0 Å². The van der Waals surface area contributed by atoms with Gasteiger partial charge >= 0.3 is 12.0 Å². The first-order chi connectivity index (χ1) is 13.1. The number of esters is 1. The number of nitrogens with one attached hydrogen (secondary N) is 2. The monoisotopic (exact) mass is 389 g/mol. The fraction of sp³-hybridized carbons (Fsp3) is 0.421. The number of hydrogen-bond acceptors (Lipinski definition) is 6. The summed E-state index contributed by atoms with van der Waals surface area (Å²) in [7, 11) is 0. The van der Waals surface area contributed by atoms with Crippen molar-refractivity contribution in [1.82, 2.24) is 10.2 Å². The van der Waals surface area contributed by atoms with Gasteiger partial charge in [-0.3, -0.25) is 24.1 Å². The van der Waals surface area contributed by atoms with Crippen LogP contribution in [0.3, 0.4) is 0 Å². The first-order valence-corrected chi connectivity index (χ1v) is 8.83. The van der Waals surface area contributed by atoms with Gasteiger partial charge in [-0.1, -0.05) is 19.1 Å². The van der Waals surface area contributed by atoms with E-state index in [2.05, 4.69) is 10.6 Å². The molecule has 0 aromatic heterocycles. The number of Topliss-reactive ketones (excluding diaryl/α,β-unsaturated/α-hetero) is 1. The Morgan fingerprint density at radius 3 is 2.54 bits per heavy atom. The van der Waals surface area contributed by atoms with Crippen LogP contribution in [0.1, 0.15) is 44.5 Å². The largest absolute Gasteiger partial charge is 0.451 e. The van der Waals surface area contributed by atoms with E-state index in [0.717, 1.165) is 4.90 Å². The average Bonchev–Trinajstić information content (AvgIpc) is 2.85. The van der Waals surface area contributed by atoms with Crippen molar-refractivity contribution in [3.63, 3.8) is 0 Å². The lowest BCUT2D eigenvalue weighted by Crippen LogP contribution is -2.44. The van der Waals surface area contributed by atoms with Gasteiger partial charge in [0.25, 0.3) is 11.8 Å². The Bertz CT molecular complexity index is 837. The van der Waals surface area contributed by atoms with Crippen LogP contribution in [0.15, 0.2) is 24.3 Å². The number of amides is 4. The van der Waals surface area contributed by atoms with Gasteiger partial charge in [0.15, 0.2) is 11.9 Å². The van der Waals surface area contributed by atoms with Crippen molar-refractivity contribution in [2.24, 2.45) is 0 Å². The second-order valence-electron chi connectivity index (χ2n) is 6.77. The summed E-state index contributed by atoms with van der Waals surface area (Å²) in [5.74, 6) is -2.16. The average molecular weight is 389 g/mol. The standard InChI is InChI=1S/C19H23N3O6/c1-5-19(4)17(26)22(18(27)21-19)10-15(24)28-12(3)16(25)20-14-8-6-7-13(9-14)11(2)23/h6-9,12H,5,10H2,1-4H3,(H,20,25)(H,21,27)/t12-,19+/m0/s1. The van der Waals surface area contributed by atoms with Crippen LogP contribution in [0.25, 0.3) is 0 Å². The summed E-state index contributed by atoms with van der Waals surface area (Å²) in [6.07, 6.45) is -0.784. The molecule has 1 aliphatic heterocycles. The van der Waals surface area contributed by atoms with Gasteiger partial charge in [0.1, 0.15) is 12.1 Å². The highest BCUT2D eigenvalue weighted by molar-refractivity contribution is 6.08. The number of rotatable bonds is 7.